The molecule has 0 fully saturated rings. The summed E-state index contributed by atoms with van der Waals surface area (Å²) < 4.78 is 11.4. The van der Waals surface area contributed by atoms with Crippen LogP contribution >= 0.6 is 23.2 Å². The van der Waals surface area contributed by atoms with Crippen LogP contribution < -0.4 is 10.1 Å². The third kappa shape index (κ3) is 4.40. The number of ether oxygens (including phenoxy) is 1. The molecule has 0 aliphatic heterocycles. The summed E-state index contributed by atoms with van der Waals surface area (Å²) in [5.41, 5.74) is 1.01. The van der Waals surface area contributed by atoms with Gasteiger partial charge in [0, 0.05) is 11.6 Å². The summed E-state index contributed by atoms with van der Waals surface area (Å²) in [4.78, 5) is 0. The Morgan fingerprint density at radius 2 is 2.05 bits per heavy atom. The Labute approximate surface area is 135 Å². The molecule has 2 aromatic rings. The molecule has 0 saturated carbocycles. The minimum atomic E-state index is 0.400. The number of hydrogen-bond acceptors (Lipinski definition) is 3. The van der Waals surface area contributed by atoms with Crippen molar-refractivity contribution in [2.45, 2.75) is 40.0 Å². The molecule has 5 heteroatoms. The van der Waals surface area contributed by atoms with Crippen LogP contribution in [0.1, 0.15) is 30.9 Å². The minimum absolute atomic E-state index is 0.400. The third-order valence-corrected chi connectivity index (χ3v) is 3.86. The van der Waals surface area contributed by atoms with Gasteiger partial charge < -0.3 is 14.5 Å². The average molecular weight is 328 g/mol. The van der Waals surface area contributed by atoms with Crippen molar-refractivity contribution in [1.29, 1.82) is 0 Å². The van der Waals surface area contributed by atoms with E-state index in [1.54, 1.807) is 12.1 Å². The predicted molar refractivity (Wildman–Crippen MR) is 86.2 cm³/mol. The van der Waals surface area contributed by atoms with Crippen molar-refractivity contribution in [3.63, 3.8) is 0 Å². The number of benzene rings is 1. The Balaban J connectivity index is 2.01. The highest BCUT2D eigenvalue weighted by Crippen LogP contribution is 2.32. The van der Waals surface area contributed by atoms with Gasteiger partial charge in [0.05, 0.1) is 11.6 Å². The van der Waals surface area contributed by atoms with Crippen molar-refractivity contribution in [2.24, 2.45) is 0 Å². The number of furan rings is 1. The van der Waals surface area contributed by atoms with E-state index >= 15 is 0 Å². The van der Waals surface area contributed by atoms with Crippen molar-refractivity contribution in [1.82, 2.24) is 5.32 Å². The van der Waals surface area contributed by atoms with Gasteiger partial charge in [0.25, 0.3) is 0 Å². The van der Waals surface area contributed by atoms with E-state index in [4.69, 9.17) is 32.4 Å². The zero-order valence-electron chi connectivity index (χ0n) is 12.4. The molecule has 1 aromatic heterocycles. The summed E-state index contributed by atoms with van der Waals surface area (Å²) in [5.74, 6) is 2.33. The van der Waals surface area contributed by atoms with Gasteiger partial charge in [0.1, 0.15) is 28.9 Å². The van der Waals surface area contributed by atoms with Gasteiger partial charge in [-0.15, -0.1) is 0 Å². The third-order valence-electron chi connectivity index (χ3n) is 3.06. The molecule has 1 N–H and O–H groups in total. The molecule has 1 heterocycles. The topological polar surface area (TPSA) is 34.4 Å². The Morgan fingerprint density at radius 1 is 1.29 bits per heavy atom. The summed E-state index contributed by atoms with van der Waals surface area (Å²) >= 11 is 12.1. The molecule has 0 aliphatic rings. The maximum atomic E-state index is 6.10. The van der Waals surface area contributed by atoms with Crippen LogP contribution in [-0.2, 0) is 13.2 Å². The molecule has 1 aromatic carbocycles. The fourth-order valence-corrected chi connectivity index (χ4v) is 2.22. The molecule has 21 heavy (non-hydrogen) atoms. The lowest BCUT2D eigenvalue weighted by atomic mass is 10.2. The first-order valence-corrected chi connectivity index (χ1v) is 7.61. The van der Waals surface area contributed by atoms with Crippen LogP contribution in [0.2, 0.25) is 10.0 Å². The summed E-state index contributed by atoms with van der Waals surface area (Å²) in [6, 6.07) is 7.76. The van der Waals surface area contributed by atoms with Crippen molar-refractivity contribution in [2.75, 3.05) is 0 Å². The Kier molecular flexibility index (Phi) is 5.57. The number of nitrogens with one attached hydrogen (secondary N) is 1. The molecule has 0 atom stereocenters. The van der Waals surface area contributed by atoms with E-state index in [0.29, 0.717) is 35.0 Å². The Morgan fingerprint density at radius 3 is 2.76 bits per heavy atom. The molecule has 114 valence electrons. The van der Waals surface area contributed by atoms with Crippen LogP contribution in [0.25, 0.3) is 0 Å². The Hall–Kier alpha value is -1.16. The Bertz CT molecular complexity index is 608. The van der Waals surface area contributed by atoms with Gasteiger partial charge in [-0.1, -0.05) is 43.1 Å². The summed E-state index contributed by atoms with van der Waals surface area (Å²) in [6.07, 6.45) is 0. The lowest BCUT2D eigenvalue weighted by molar-refractivity contribution is 0.303. The average Bonchev–Trinajstić information content (AvgIpc) is 2.79. The van der Waals surface area contributed by atoms with Gasteiger partial charge in [-0.25, -0.2) is 0 Å². The van der Waals surface area contributed by atoms with Gasteiger partial charge in [0.15, 0.2) is 0 Å². The largest absolute Gasteiger partial charge is 0.487 e. The fourth-order valence-electron chi connectivity index (χ4n) is 1.87. The van der Waals surface area contributed by atoms with Crippen LogP contribution in [0.5, 0.6) is 5.75 Å². The number of hydrogen-bond donors (Lipinski definition) is 1. The highest BCUT2D eigenvalue weighted by molar-refractivity contribution is 6.42. The van der Waals surface area contributed by atoms with Crippen LogP contribution in [-0.4, -0.2) is 6.04 Å². The van der Waals surface area contributed by atoms with Crippen LogP contribution in [0.15, 0.2) is 28.7 Å². The van der Waals surface area contributed by atoms with E-state index in [9.17, 15) is 0 Å². The lowest BCUT2D eigenvalue weighted by Gasteiger charge is -2.08. The van der Waals surface area contributed by atoms with Crippen LogP contribution in [0.4, 0.5) is 0 Å². The molecule has 0 aliphatic carbocycles. The smallest absolute Gasteiger partial charge is 0.139 e. The van der Waals surface area contributed by atoms with E-state index < -0.39 is 0 Å². The maximum absolute atomic E-state index is 6.10. The predicted octanol–water partition coefficient (Wildman–Crippen LogP) is 4.97. The zero-order valence-corrected chi connectivity index (χ0v) is 13.9. The number of aryl methyl sites for hydroxylation is 1. The molecule has 0 saturated heterocycles. The molecular weight excluding hydrogens is 309 g/mol. The molecule has 0 bridgehead atoms. The molecule has 0 amide bonds. The van der Waals surface area contributed by atoms with E-state index in [2.05, 4.69) is 19.2 Å². The second-order valence-electron chi connectivity index (χ2n) is 5.17. The number of halogens is 2. The monoisotopic (exact) mass is 327 g/mol. The summed E-state index contributed by atoms with van der Waals surface area (Å²) in [7, 11) is 0. The first-order valence-electron chi connectivity index (χ1n) is 6.85. The van der Waals surface area contributed by atoms with Crippen molar-refractivity contribution in [3.8, 4) is 5.75 Å². The fraction of sp³-hybridized carbons (Fsp3) is 0.375. The molecule has 2 rings (SSSR count). The quantitative estimate of drug-likeness (QED) is 0.813. The number of rotatable bonds is 6. The second-order valence-corrected chi connectivity index (χ2v) is 5.96. The SMILES string of the molecule is Cc1oc(CNC(C)C)cc1COc1cccc(Cl)c1Cl. The highest BCUT2D eigenvalue weighted by Gasteiger charge is 2.10. The summed E-state index contributed by atoms with van der Waals surface area (Å²) in [6.45, 7) is 7.23. The highest BCUT2D eigenvalue weighted by atomic mass is 35.5. The zero-order chi connectivity index (χ0) is 15.4. The van der Waals surface area contributed by atoms with Crippen molar-refractivity contribution in [3.05, 3.63) is 51.4 Å². The van der Waals surface area contributed by atoms with Crippen molar-refractivity contribution >= 4 is 23.2 Å². The maximum Gasteiger partial charge on any atom is 0.139 e. The molecule has 3 nitrogen and oxygen atoms in total. The van der Waals surface area contributed by atoms with Gasteiger partial charge in [0.2, 0.25) is 0 Å². The lowest BCUT2D eigenvalue weighted by Crippen LogP contribution is -2.21. The minimum Gasteiger partial charge on any atom is -0.487 e. The van der Waals surface area contributed by atoms with E-state index in [-0.39, 0.29) is 0 Å². The van der Waals surface area contributed by atoms with E-state index in [1.807, 2.05) is 19.1 Å². The summed E-state index contributed by atoms with van der Waals surface area (Å²) in [5, 5.41) is 4.24. The van der Waals surface area contributed by atoms with Gasteiger partial charge >= 0.3 is 0 Å². The molecule has 0 radical (unpaired) electrons. The van der Waals surface area contributed by atoms with E-state index in [1.165, 1.54) is 0 Å². The van der Waals surface area contributed by atoms with Crippen LogP contribution in [0.3, 0.4) is 0 Å². The molecular formula is C16H19Cl2NO2. The second kappa shape index (κ2) is 7.21. The van der Waals surface area contributed by atoms with Crippen LogP contribution in [0, 0.1) is 6.92 Å². The van der Waals surface area contributed by atoms with Crippen molar-refractivity contribution < 1.29 is 9.15 Å². The normalized spacial score (nSPS) is 11.1. The standard InChI is InChI=1S/C16H19Cl2NO2/c1-10(2)19-8-13-7-12(11(3)21-13)9-20-15-6-4-5-14(17)16(15)18/h4-7,10,19H,8-9H2,1-3H3. The first-order chi connectivity index (χ1) is 9.97. The molecule has 0 unspecified atom stereocenters. The van der Waals surface area contributed by atoms with Gasteiger partial charge in [-0.05, 0) is 25.1 Å². The first kappa shape index (κ1) is 16.2. The van der Waals surface area contributed by atoms with Gasteiger partial charge in [-0.3, -0.25) is 0 Å². The van der Waals surface area contributed by atoms with Gasteiger partial charge in [-0.2, -0.15) is 0 Å². The van der Waals surface area contributed by atoms with E-state index in [0.717, 1.165) is 17.1 Å². The molecule has 0 spiro atoms.